The van der Waals surface area contributed by atoms with E-state index in [4.69, 9.17) is 56.1 Å². The molecule has 36 heavy (non-hydrogen) atoms. The van der Waals surface area contributed by atoms with E-state index in [1.165, 1.54) is 23.3 Å². The highest BCUT2D eigenvalue weighted by Gasteiger charge is 2.32. The van der Waals surface area contributed by atoms with Gasteiger partial charge >= 0.3 is 12.2 Å². The summed E-state index contributed by atoms with van der Waals surface area (Å²) in [6, 6.07) is 11.8. The number of hydroxylamine groups is 1. The quantitative estimate of drug-likeness (QED) is 0.328. The molecule has 0 saturated carbocycles. The molecule has 0 spiro atoms. The molecule has 0 aliphatic carbocycles. The first-order valence-corrected chi connectivity index (χ1v) is 11.4. The fourth-order valence-electron chi connectivity index (χ4n) is 2.98. The van der Waals surface area contributed by atoms with Gasteiger partial charge in [-0.05, 0) is 53.7 Å². The van der Waals surface area contributed by atoms with Crippen molar-refractivity contribution >= 4 is 69.6 Å². The normalized spacial score (nSPS) is 13.2. The van der Waals surface area contributed by atoms with Crippen molar-refractivity contribution in [3.63, 3.8) is 0 Å². The van der Waals surface area contributed by atoms with Crippen LogP contribution in [0.4, 0.5) is 29.3 Å². The molecule has 3 aromatic rings. The Kier molecular flexibility index (Phi) is 7.60. The molecular formula is C22H13Cl4F3N4O3. The Morgan fingerprint density at radius 3 is 2.22 bits per heavy atom. The maximum atomic E-state index is 12.9. The number of oxime groups is 1. The average molecular weight is 580 g/mol. The predicted molar refractivity (Wildman–Crippen MR) is 132 cm³/mol. The number of nitrogens with one attached hydrogen (secondary N) is 2. The molecule has 4 rings (SSSR count). The summed E-state index contributed by atoms with van der Waals surface area (Å²) >= 11 is 24.0. The molecule has 0 bridgehead atoms. The molecular weight excluding hydrogens is 567 g/mol. The van der Waals surface area contributed by atoms with Gasteiger partial charge in [-0.15, -0.1) is 0 Å². The van der Waals surface area contributed by atoms with Crippen LogP contribution >= 0.6 is 46.4 Å². The second-order valence-corrected chi connectivity index (χ2v) is 8.88. The van der Waals surface area contributed by atoms with Gasteiger partial charge in [-0.1, -0.05) is 46.4 Å². The number of halogens is 7. The van der Waals surface area contributed by atoms with Crippen molar-refractivity contribution in [2.75, 3.05) is 16.9 Å². The minimum Gasteiger partial charge on any atom is -0.454 e. The Balaban J connectivity index is 1.37. The zero-order valence-electron chi connectivity index (χ0n) is 17.7. The van der Waals surface area contributed by atoms with Gasteiger partial charge in [0.2, 0.25) is 0 Å². The Morgan fingerprint density at radius 2 is 1.61 bits per heavy atom. The van der Waals surface area contributed by atoms with Gasteiger partial charge in [-0.25, -0.2) is 4.79 Å². The molecule has 0 atom stereocenters. The molecule has 0 aromatic heterocycles. The fourth-order valence-corrected chi connectivity index (χ4v) is 3.89. The molecule has 0 unspecified atom stereocenters. The lowest BCUT2D eigenvalue weighted by Gasteiger charge is -2.15. The highest BCUT2D eigenvalue weighted by molar-refractivity contribution is 6.37. The van der Waals surface area contributed by atoms with Gasteiger partial charge in [0, 0.05) is 11.1 Å². The third-order valence-electron chi connectivity index (χ3n) is 4.65. The van der Waals surface area contributed by atoms with Crippen molar-refractivity contribution in [2.24, 2.45) is 5.16 Å². The second-order valence-electron chi connectivity index (χ2n) is 7.22. The van der Waals surface area contributed by atoms with E-state index in [-0.39, 0.29) is 44.6 Å². The van der Waals surface area contributed by atoms with Crippen molar-refractivity contribution in [1.29, 1.82) is 0 Å². The number of amides is 2. The highest BCUT2D eigenvalue weighted by atomic mass is 35.5. The first-order valence-electron chi connectivity index (χ1n) is 9.88. The SMILES string of the molecule is O=C(NC1=NON(c2ccc(Cl)cc2)C1)Nc1ccc(Oc2c(Cl)cc(C(F)(F)F)cc2Cl)cc1Cl. The molecule has 3 aromatic carbocycles. The molecule has 0 saturated heterocycles. The minimum absolute atomic E-state index is 0.0780. The third kappa shape index (κ3) is 6.19. The largest absolute Gasteiger partial charge is 0.454 e. The molecule has 14 heteroatoms. The second kappa shape index (κ2) is 10.5. The molecule has 0 radical (unpaired) electrons. The van der Waals surface area contributed by atoms with Crippen molar-refractivity contribution in [3.8, 4) is 11.5 Å². The lowest BCUT2D eigenvalue weighted by molar-refractivity contribution is -0.137. The zero-order valence-corrected chi connectivity index (χ0v) is 20.7. The summed E-state index contributed by atoms with van der Waals surface area (Å²) < 4.78 is 44.3. The van der Waals surface area contributed by atoms with Crippen molar-refractivity contribution in [2.45, 2.75) is 6.18 Å². The number of ether oxygens (including phenoxy) is 1. The number of carbonyl (C=O) groups is 1. The van der Waals surface area contributed by atoms with Crippen LogP contribution in [0.2, 0.25) is 20.1 Å². The molecule has 1 heterocycles. The topological polar surface area (TPSA) is 75.2 Å². The number of anilines is 2. The molecule has 2 N–H and O–H groups in total. The van der Waals surface area contributed by atoms with Crippen LogP contribution in [0.3, 0.4) is 0 Å². The summed E-state index contributed by atoms with van der Waals surface area (Å²) in [4.78, 5) is 17.6. The van der Waals surface area contributed by atoms with E-state index in [0.29, 0.717) is 22.8 Å². The lowest BCUT2D eigenvalue weighted by atomic mass is 10.2. The summed E-state index contributed by atoms with van der Waals surface area (Å²) in [5.74, 6) is 0.192. The number of alkyl halides is 3. The number of hydrogen-bond donors (Lipinski definition) is 2. The summed E-state index contributed by atoms with van der Waals surface area (Å²) in [6.45, 7) is 0.171. The first kappa shape index (κ1) is 26.0. The van der Waals surface area contributed by atoms with E-state index >= 15 is 0 Å². The average Bonchev–Trinajstić information content (AvgIpc) is 3.26. The van der Waals surface area contributed by atoms with Crippen molar-refractivity contribution in [3.05, 3.63) is 80.3 Å². The van der Waals surface area contributed by atoms with Gasteiger partial charge in [-0.3, -0.25) is 10.3 Å². The smallest absolute Gasteiger partial charge is 0.416 e. The van der Waals surface area contributed by atoms with E-state index in [2.05, 4.69) is 15.8 Å². The van der Waals surface area contributed by atoms with E-state index < -0.39 is 17.8 Å². The minimum atomic E-state index is -4.62. The van der Waals surface area contributed by atoms with Gasteiger partial charge in [-0.2, -0.15) is 18.2 Å². The Bertz CT molecular complexity index is 1310. The van der Waals surface area contributed by atoms with Crippen LogP contribution in [-0.2, 0) is 11.1 Å². The first-order chi connectivity index (χ1) is 17.0. The number of rotatable bonds is 4. The maximum absolute atomic E-state index is 12.9. The van der Waals surface area contributed by atoms with Gasteiger partial charge in [0.15, 0.2) is 11.6 Å². The fraction of sp³-hybridized carbons (Fsp3) is 0.0909. The number of amidine groups is 1. The summed E-state index contributed by atoms with van der Waals surface area (Å²) in [5.41, 5.74) is -0.102. The van der Waals surface area contributed by atoms with Gasteiger partial charge in [0.05, 0.1) is 32.0 Å². The molecule has 0 fully saturated rings. The standard InChI is InChI=1S/C22H13Cl4F3N4O3/c23-12-1-3-13(4-2-12)33-10-19(32-36-33)31-21(34)30-18-6-5-14(9-15(18)24)35-20-16(25)7-11(8-17(20)26)22(27,28)29/h1-9H,10H2,(H2,30,31,32,34). The van der Waals surface area contributed by atoms with Crippen molar-refractivity contribution in [1.82, 2.24) is 5.32 Å². The summed E-state index contributed by atoms with van der Waals surface area (Å²) in [6.07, 6.45) is -4.62. The van der Waals surface area contributed by atoms with Crippen molar-refractivity contribution < 1.29 is 27.6 Å². The highest BCUT2D eigenvalue weighted by Crippen LogP contribution is 2.42. The molecule has 188 valence electrons. The number of urea groups is 1. The number of nitrogens with zero attached hydrogens (tertiary/aromatic N) is 2. The molecule has 1 aliphatic rings. The van der Waals surface area contributed by atoms with Crippen LogP contribution in [-0.4, -0.2) is 18.4 Å². The predicted octanol–water partition coefficient (Wildman–Crippen LogP) is 8.00. The summed E-state index contributed by atoms with van der Waals surface area (Å²) in [7, 11) is 0. The zero-order chi connectivity index (χ0) is 26.0. The number of hydrogen-bond acceptors (Lipinski definition) is 5. The van der Waals surface area contributed by atoms with E-state index in [1.807, 2.05) is 0 Å². The van der Waals surface area contributed by atoms with Gasteiger partial charge < -0.3 is 10.1 Å². The number of carbonyl (C=O) groups excluding carboxylic acids is 1. The lowest BCUT2D eigenvalue weighted by Crippen LogP contribution is -2.37. The van der Waals surface area contributed by atoms with Gasteiger partial charge in [0.1, 0.15) is 12.3 Å². The molecule has 7 nitrogen and oxygen atoms in total. The molecule has 1 aliphatic heterocycles. The van der Waals surface area contributed by atoms with Crippen LogP contribution in [0, 0.1) is 0 Å². The van der Waals surface area contributed by atoms with Crippen LogP contribution in [0.15, 0.2) is 59.8 Å². The Labute approximate surface area is 222 Å². The monoisotopic (exact) mass is 578 g/mol. The number of benzene rings is 3. The van der Waals surface area contributed by atoms with E-state index in [1.54, 1.807) is 24.3 Å². The van der Waals surface area contributed by atoms with Crippen LogP contribution in [0.25, 0.3) is 0 Å². The Morgan fingerprint density at radius 1 is 0.944 bits per heavy atom. The van der Waals surface area contributed by atoms with Crippen LogP contribution in [0.1, 0.15) is 5.56 Å². The third-order valence-corrected chi connectivity index (χ3v) is 5.78. The van der Waals surface area contributed by atoms with Gasteiger partial charge in [0.25, 0.3) is 0 Å². The molecule has 2 amide bonds. The summed E-state index contributed by atoms with van der Waals surface area (Å²) in [5, 5.41) is 10.3. The maximum Gasteiger partial charge on any atom is 0.416 e. The van der Waals surface area contributed by atoms with Crippen LogP contribution in [0.5, 0.6) is 11.5 Å². The van der Waals surface area contributed by atoms with Crippen LogP contribution < -0.4 is 20.4 Å². The Hall–Kier alpha value is -3.05. The van der Waals surface area contributed by atoms with E-state index in [9.17, 15) is 18.0 Å². The van der Waals surface area contributed by atoms with E-state index in [0.717, 1.165) is 0 Å².